The van der Waals surface area contributed by atoms with Gasteiger partial charge in [-0.1, -0.05) is 42.8 Å². The molecule has 0 aliphatic carbocycles. The molecule has 2 unspecified atom stereocenters. The summed E-state index contributed by atoms with van der Waals surface area (Å²) in [6.45, 7) is 0.260. The van der Waals surface area contributed by atoms with E-state index >= 15 is 0 Å². The summed E-state index contributed by atoms with van der Waals surface area (Å²) in [5.74, 6) is -0.184. The molecule has 0 saturated heterocycles. The highest BCUT2D eigenvalue weighted by atomic mass is 32.2. The second-order valence-corrected chi connectivity index (χ2v) is 9.63. The van der Waals surface area contributed by atoms with Gasteiger partial charge in [0, 0.05) is 26.1 Å². The van der Waals surface area contributed by atoms with Crippen LogP contribution in [0.5, 0.6) is 5.75 Å². The molecule has 0 aliphatic rings. The van der Waals surface area contributed by atoms with E-state index in [0.29, 0.717) is 12.0 Å². The average Bonchev–Trinajstić information content (AvgIpc) is 2.75. The Morgan fingerprint density at radius 2 is 1.81 bits per heavy atom. The molecule has 8 nitrogen and oxygen atoms in total. The normalized spacial score (nSPS) is 13.3. The third-order valence-electron chi connectivity index (χ3n) is 5.11. The van der Waals surface area contributed by atoms with Crippen molar-refractivity contribution in [3.05, 3.63) is 59.7 Å². The van der Waals surface area contributed by atoms with Gasteiger partial charge in [-0.25, -0.2) is 8.42 Å². The molecule has 0 saturated carbocycles. The van der Waals surface area contributed by atoms with Crippen LogP contribution in [0.15, 0.2) is 48.5 Å². The van der Waals surface area contributed by atoms with Gasteiger partial charge >= 0.3 is 0 Å². The highest BCUT2D eigenvalue weighted by molar-refractivity contribution is 7.92. The van der Waals surface area contributed by atoms with Crippen molar-refractivity contribution in [3.8, 4) is 5.75 Å². The van der Waals surface area contributed by atoms with Gasteiger partial charge in [0.05, 0.1) is 18.0 Å². The molecular formula is C23H33N3O5S. The molecule has 0 aliphatic heterocycles. The number of aliphatic hydroxyl groups excluding tert-OH is 1. The van der Waals surface area contributed by atoms with Crippen molar-refractivity contribution in [1.29, 1.82) is 0 Å². The van der Waals surface area contributed by atoms with E-state index in [9.17, 15) is 23.4 Å². The number of hydrogen-bond acceptors (Lipinski definition) is 6. The molecule has 176 valence electrons. The van der Waals surface area contributed by atoms with Crippen molar-refractivity contribution in [1.82, 2.24) is 10.6 Å². The minimum atomic E-state index is -3.56. The van der Waals surface area contributed by atoms with Crippen molar-refractivity contribution in [2.24, 2.45) is 0 Å². The van der Waals surface area contributed by atoms with Gasteiger partial charge < -0.3 is 20.8 Å². The van der Waals surface area contributed by atoms with E-state index in [1.165, 1.54) is 17.7 Å². The van der Waals surface area contributed by atoms with E-state index in [4.69, 9.17) is 0 Å². The van der Waals surface area contributed by atoms with Crippen LogP contribution in [0, 0.1) is 0 Å². The van der Waals surface area contributed by atoms with Gasteiger partial charge in [0.2, 0.25) is 15.9 Å². The molecule has 0 bridgehead atoms. The van der Waals surface area contributed by atoms with Crippen LogP contribution in [0.4, 0.5) is 5.69 Å². The Hall–Kier alpha value is -2.62. The Bertz CT molecular complexity index is 967. The zero-order valence-corrected chi connectivity index (χ0v) is 19.4. The van der Waals surface area contributed by atoms with Crippen LogP contribution in [-0.4, -0.2) is 50.4 Å². The third-order valence-corrected chi connectivity index (χ3v) is 5.70. The summed E-state index contributed by atoms with van der Waals surface area (Å²) in [4.78, 5) is 11.4. The number of hydrogen-bond donors (Lipinski definition) is 5. The minimum absolute atomic E-state index is 0.0267. The number of carbonyl (C=O) groups is 1. The molecule has 2 aromatic rings. The summed E-state index contributed by atoms with van der Waals surface area (Å²) < 4.78 is 25.2. The Kier molecular flexibility index (Phi) is 9.96. The van der Waals surface area contributed by atoms with Crippen LogP contribution in [-0.2, 0) is 21.2 Å². The molecule has 5 N–H and O–H groups in total. The fourth-order valence-electron chi connectivity index (χ4n) is 3.41. The molecule has 1 amide bonds. The first kappa shape index (κ1) is 25.6. The number of aliphatic hydroxyl groups is 1. The maximum Gasteiger partial charge on any atom is 0.229 e. The highest BCUT2D eigenvalue weighted by Gasteiger charge is 2.16. The summed E-state index contributed by atoms with van der Waals surface area (Å²) in [5, 5.41) is 26.6. The Morgan fingerprint density at radius 1 is 1.09 bits per heavy atom. The van der Waals surface area contributed by atoms with Crippen LogP contribution >= 0.6 is 0 Å². The first-order valence-electron chi connectivity index (χ1n) is 10.6. The fraction of sp³-hybridized carbons (Fsp3) is 0.435. The molecule has 2 atom stereocenters. The fourth-order valence-corrected chi connectivity index (χ4v) is 3.98. The lowest BCUT2D eigenvalue weighted by Gasteiger charge is -2.22. The van der Waals surface area contributed by atoms with Gasteiger partial charge in [-0.15, -0.1) is 0 Å². The van der Waals surface area contributed by atoms with E-state index < -0.39 is 16.1 Å². The van der Waals surface area contributed by atoms with Crippen molar-refractivity contribution >= 4 is 21.6 Å². The van der Waals surface area contributed by atoms with E-state index in [-0.39, 0.29) is 29.9 Å². The number of phenolic OH excluding ortho intramolecular Hbond substituents is 1. The lowest BCUT2D eigenvalue weighted by Crippen LogP contribution is -2.34. The van der Waals surface area contributed by atoms with E-state index in [1.807, 2.05) is 18.2 Å². The number of amides is 1. The molecule has 0 spiro atoms. The molecule has 0 aromatic heterocycles. The zero-order valence-electron chi connectivity index (χ0n) is 18.5. The van der Waals surface area contributed by atoms with Crippen LogP contribution < -0.4 is 15.4 Å². The standard InChI is InChI=1S/C23H33N3O5S/c1-24-23(29)11-7-6-10-19(14-17-8-4-3-5-9-17)25-16-22(28)18-12-13-21(27)20(15-18)26-32(2,30)31/h3-5,8-9,12-13,15,19,22,25-28H,6-7,10-11,14,16H2,1-2H3,(H,24,29). The highest BCUT2D eigenvalue weighted by Crippen LogP contribution is 2.27. The number of aromatic hydroxyl groups is 1. The van der Waals surface area contributed by atoms with Crippen molar-refractivity contribution in [2.45, 2.75) is 44.2 Å². The first-order chi connectivity index (χ1) is 15.2. The number of rotatable bonds is 13. The molecular weight excluding hydrogens is 430 g/mol. The quantitative estimate of drug-likeness (QED) is 0.229. The van der Waals surface area contributed by atoms with Crippen molar-refractivity contribution < 1.29 is 23.4 Å². The van der Waals surface area contributed by atoms with Gasteiger partial charge in [0.15, 0.2) is 0 Å². The topological polar surface area (TPSA) is 128 Å². The zero-order chi connectivity index (χ0) is 23.6. The minimum Gasteiger partial charge on any atom is -0.506 e. The molecule has 9 heteroatoms. The number of carbonyl (C=O) groups excluding carboxylic acids is 1. The summed E-state index contributed by atoms with van der Waals surface area (Å²) in [7, 11) is -1.93. The molecule has 0 fully saturated rings. The maximum atomic E-state index is 11.5. The Balaban J connectivity index is 2.00. The maximum absolute atomic E-state index is 11.5. The van der Waals surface area contributed by atoms with Gasteiger partial charge in [0.25, 0.3) is 0 Å². The summed E-state index contributed by atoms with van der Waals surface area (Å²) >= 11 is 0. The smallest absolute Gasteiger partial charge is 0.229 e. The van der Waals surface area contributed by atoms with Crippen LogP contribution in [0.1, 0.15) is 42.9 Å². The Labute approximate surface area is 190 Å². The predicted molar refractivity (Wildman–Crippen MR) is 126 cm³/mol. The SMILES string of the molecule is CNC(=O)CCCCC(Cc1ccccc1)NCC(O)c1ccc(O)c(NS(C)(=O)=O)c1. The number of sulfonamides is 1. The van der Waals surface area contributed by atoms with Gasteiger partial charge in [-0.3, -0.25) is 9.52 Å². The first-order valence-corrected chi connectivity index (χ1v) is 12.5. The number of benzene rings is 2. The summed E-state index contributed by atoms with van der Waals surface area (Å²) in [6, 6.07) is 14.5. The predicted octanol–water partition coefficient (Wildman–Crippen LogP) is 2.30. The third kappa shape index (κ3) is 9.25. The number of phenols is 1. The van der Waals surface area contributed by atoms with Crippen LogP contribution in [0.3, 0.4) is 0 Å². The van der Waals surface area contributed by atoms with Crippen molar-refractivity contribution in [2.75, 3.05) is 24.6 Å². The van der Waals surface area contributed by atoms with E-state index in [2.05, 4.69) is 27.5 Å². The molecule has 0 radical (unpaired) electrons. The number of unbranched alkanes of at least 4 members (excludes halogenated alkanes) is 1. The Morgan fingerprint density at radius 3 is 2.47 bits per heavy atom. The van der Waals surface area contributed by atoms with E-state index in [0.717, 1.165) is 31.9 Å². The van der Waals surface area contributed by atoms with Gasteiger partial charge in [0.1, 0.15) is 5.75 Å². The molecule has 32 heavy (non-hydrogen) atoms. The second kappa shape index (κ2) is 12.4. The largest absolute Gasteiger partial charge is 0.506 e. The van der Waals surface area contributed by atoms with Gasteiger partial charge in [-0.05, 0) is 42.5 Å². The summed E-state index contributed by atoms with van der Waals surface area (Å²) in [5.41, 5.74) is 1.69. The van der Waals surface area contributed by atoms with Gasteiger partial charge in [-0.2, -0.15) is 0 Å². The molecule has 0 heterocycles. The van der Waals surface area contributed by atoms with Crippen LogP contribution in [0.2, 0.25) is 0 Å². The average molecular weight is 464 g/mol. The lowest BCUT2D eigenvalue weighted by atomic mass is 9.99. The molecule has 2 aromatic carbocycles. The van der Waals surface area contributed by atoms with E-state index in [1.54, 1.807) is 13.1 Å². The van der Waals surface area contributed by atoms with Crippen LogP contribution in [0.25, 0.3) is 0 Å². The molecule has 2 rings (SSSR count). The second-order valence-electron chi connectivity index (χ2n) is 7.88. The number of anilines is 1. The summed E-state index contributed by atoms with van der Waals surface area (Å²) in [6.07, 6.45) is 3.87. The van der Waals surface area contributed by atoms with Crippen molar-refractivity contribution in [3.63, 3.8) is 0 Å². The lowest BCUT2D eigenvalue weighted by molar-refractivity contribution is -0.120. The number of nitrogens with one attached hydrogen (secondary N) is 3. The monoisotopic (exact) mass is 463 g/mol.